The molecule has 3 nitrogen and oxygen atoms in total. The summed E-state index contributed by atoms with van der Waals surface area (Å²) < 4.78 is 21.6. The van der Waals surface area contributed by atoms with Gasteiger partial charge in [-0.05, 0) is 28.1 Å². The number of hydrogen-bond donors (Lipinski definition) is 1. The molecular weight excluding hydrogens is 386 g/mol. The summed E-state index contributed by atoms with van der Waals surface area (Å²) in [5.74, 6) is -0.218. The van der Waals surface area contributed by atoms with Crippen LogP contribution in [-0.2, 0) is 9.84 Å². The van der Waals surface area contributed by atoms with Crippen LogP contribution in [0.15, 0.2) is 18.2 Å². The molecule has 0 aliphatic carbocycles. The second kappa shape index (κ2) is 5.85. The zero-order valence-corrected chi connectivity index (χ0v) is 13.9. The van der Waals surface area contributed by atoms with Crippen molar-refractivity contribution >= 4 is 60.6 Å². The molecule has 8 heteroatoms. The molecule has 0 amide bonds. The number of alkyl halides is 2. The SMILES string of the molecule is CCS(=O)(=O)[C@@](Cl)(Br)[C@H](O)c1ccc(Cl)cc1Cl. The lowest BCUT2D eigenvalue weighted by Gasteiger charge is -2.26. The second-order valence-corrected chi connectivity index (χ2v) is 9.88. The fraction of sp³-hybridized carbons (Fsp3) is 0.400. The topological polar surface area (TPSA) is 54.4 Å². The second-order valence-electron chi connectivity index (χ2n) is 3.53. The Morgan fingerprint density at radius 1 is 1.44 bits per heavy atom. The van der Waals surface area contributed by atoms with Gasteiger partial charge in [0.2, 0.25) is 3.12 Å². The van der Waals surface area contributed by atoms with E-state index in [-0.39, 0.29) is 16.3 Å². The Balaban J connectivity index is 3.26. The molecule has 0 saturated carbocycles. The molecule has 0 aliphatic heterocycles. The van der Waals surface area contributed by atoms with Crippen LogP contribution in [0.25, 0.3) is 0 Å². The van der Waals surface area contributed by atoms with Gasteiger partial charge in [0.15, 0.2) is 9.84 Å². The Hall–Kier alpha value is 0.480. The van der Waals surface area contributed by atoms with E-state index in [2.05, 4.69) is 15.9 Å². The van der Waals surface area contributed by atoms with Crippen molar-refractivity contribution in [2.45, 2.75) is 16.1 Å². The standard InChI is InChI=1S/C10H10BrCl3O3S/c1-2-18(16,17)10(11,14)9(15)7-4-3-6(12)5-8(7)13/h3-5,9,15H,2H2,1H3/t9-,10-/m1/s1. The maximum absolute atomic E-state index is 11.8. The average molecular weight is 397 g/mol. The first-order valence-corrected chi connectivity index (χ1v) is 8.44. The quantitative estimate of drug-likeness (QED) is 0.789. The first kappa shape index (κ1) is 16.5. The molecule has 0 saturated heterocycles. The Morgan fingerprint density at radius 3 is 2.44 bits per heavy atom. The zero-order valence-electron chi connectivity index (χ0n) is 9.20. The summed E-state index contributed by atoms with van der Waals surface area (Å²) in [7, 11) is -3.73. The molecule has 0 bridgehead atoms. The van der Waals surface area contributed by atoms with Gasteiger partial charge >= 0.3 is 0 Å². The van der Waals surface area contributed by atoms with Crippen LogP contribution in [0.2, 0.25) is 10.0 Å². The van der Waals surface area contributed by atoms with Crippen LogP contribution in [0.3, 0.4) is 0 Å². The summed E-state index contributed by atoms with van der Waals surface area (Å²) >= 11 is 20.4. The highest BCUT2D eigenvalue weighted by Crippen LogP contribution is 2.44. The van der Waals surface area contributed by atoms with Gasteiger partial charge in [0.05, 0.1) is 5.75 Å². The molecule has 1 aromatic carbocycles. The summed E-state index contributed by atoms with van der Waals surface area (Å²) in [6.45, 7) is 1.43. The van der Waals surface area contributed by atoms with Crippen molar-refractivity contribution in [3.63, 3.8) is 0 Å². The third-order valence-corrected chi connectivity index (χ3v) is 7.57. The summed E-state index contributed by atoms with van der Waals surface area (Å²) in [6.07, 6.45) is -1.52. The molecule has 0 spiro atoms. The van der Waals surface area contributed by atoms with Crippen LogP contribution in [0.1, 0.15) is 18.6 Å². The lowest BCUT2D eigenvalue weighted by Crippen LogP contribution is -2.34. The van der Waals surface area contributed by atoms with Crippen molar-refractivity contribution in [1.29, 1.82) is 0 Å². The normalized spacial score (nSPS) is 17.2. The lowest BCUT2D eigenvalue weighted by molar-refractivity contribution is 0.185. The number of aliphatic hydroxyl groups is 1. The lowest BCUT2D eigenvalue weighted by atomic mass is 10.1. The zero-order chi connectivity index (χ0) is 14.1. The number of aliphatic hydroxyl groups excluding tert-OH is 1. The minimum atomic E-state index is -3.73. The molecule has 18 heavy (non-hydrogen) atoms. The van der Waals surface area contributed by atoms with Crippen molar-refractivity contribution < 1.29 is 13.5 Å². The first-order valence-electron chi connectivity index (χ1n) is 4.86. The van der Waals surface area contributed by atoms with Crippen LogP contribution >= 0.6 is 50.7 Å². The van der Waals surface area contributed by atoms with Crippen molar-refractivity contribution in [2.24, 2.45) is 0 Å². The van der Waals surface area contributed by atoms with E-state index in [9.17, 15) is 13.5 Å². The Kier molecular flexibility index (Phi) is 5.38. The minimum Gasteiger partial charge on any atom is -0.384 e. The van der Waals surface area contributed by atoms with Gasteiger partial charge in [0.1, 0.15) is 6.10 Å². The van der Waals surface area contributed by atoms with Crippen molar-refractivity contribution in [1.82, 2.24) is 0 Å². The van der Waals surface area contributed by atoms with E-state index >= 15 is 0 Å². The third-order valence-electron chi connectivity index (χ3n) is 2.37. The van der Waals surface area contributed by atoms with Gasteiger partial charge in [-0.3, -0.25) is 0 Å². The number of benzene rings is 1. The van der Waals surface area contributed by atoms with Crippen molar-refractivity contribution in [3.05, 3.63) is 33.8 Å². The maximum Gasteiger partial charge on any atom is 0.229 e. The molecule has 0 aromatic heterocycles. The van der Waals surface area contributed by atoms with Crippen molar-refractivity contribution in [2.75, 3.05) is 5.75 Å². The van der Waals surface area contributed by atoms with E-state index in [0.717, 1.165) is 0 Å². The van der Waals surface area contributed by atoms with Gasteiger partial charge in [-0.25, -0.2) is 8.42 Å². The maximum atomic E-state index is 11.8. The molecule has 0 unspecified atom stereocenters. The van der Waals surface area contributed by atoms with Gasteiger partial charge in [-0.1, -0.05) is 47.8 Å². The third kappa shape index (κ3) is 3.14. The molecule has 1 N–H and O–H groups in total. The highest BCUT2D eigenvalue weighted by atomic mass is 79.9. The van der Waals surface area contributed by atoms with Gasteiger partial charge in [0, 0.05) is 15.6 Å². The fourth-order valence-corrected chi connectivity index (χ4v) is 4.01. The molecule has 0 heterocycles. The summed E-state index contributed by atoms with van der Waals surface area (Å²) in [6, 6.07) is 4.32. The Morgan fingerprint density at radius 2 is 2.00 bits per heavy atom. The summed E-state index contributed by atoms with van der Waals surface area (Å²) in [5.41, 5.74) is 0.185. The molecule has 0 fully saturated rings. The van der Waals surface area contributed by atoms with E-state index in [4.69, 9.17) is 34.8 Å². The largest absolute Gasteiger partial charge is 0.384 e. The van der Waals surface area contributed by atoms with E-state index < -0.39 is 19.1 Å². The van der Waals surface area contributed by atoms with Gasteiger partial charge in [-0.15, -0.1) is 0 Å². The molecule has 0 radical (unpaired) electrons. The van der Waals surface area contributed by atoms with Crippen LogP contribution < -0.4 is 0 Å². The molecule has 102 valence electrons. The molecule has 2 atom stereocenters. The van der Waals surface area contributed by atoms with Gasteiger partial charge in [0.25, 0.3) is 0 Å². The van der Waals surface area contributed by atoms with E-state index in [0.29, 0.717) is 5.02 Å². The predicted octanol–water partition coefficient (Wildman–Crippen LogP) is 3.75. The predicted molar refractivity (Wildman–Crippen MR) is 78.4 cm³/mol. The minimum absolute atomic E-state index is 0.144. The molecule has 0 aliphatic rings. The smallest absolute Gasteiger partial charge is 0.229 e. The highest BCUT2D eigenvalue weighted by Gasteiger charge is 2.46. The summed E-state index contributed by atoms with van der Waals surface area (Å²) in [4.78, 5) is 0. The first-order chi connectivity index (χ1) is 8.13. The van der Waals surface area contributed by atoms with Crippen LogP contribution in [-0.4, -0.2) is 22.4 Å². The van der Waals surface area contributed by atoms with Gasteiger partial charge < -0.3 is 5.11 Å². The monoisotopic (exact) mass is 394 g/mol. The van der Waals surface area contributed by atoms with E-state index in [1.165, 1.54) is 25.1 Å². The molecule has 1 aromatic rings. The molecule has 1 rings (SSSR count). The van der Waals surface area contributed by atoms with E-state index in [1.54, 1.807) is 0 Å². The van der Waals surface area contributed by atoms with Crippen LogP contribution in [0.4, 0.5) is 0 Å². The average Bonchev–Trinajstić information content (AvgIpc) is 2.28. The number of rotatable bonds is 4. The van der Waals surface area contributed by atoms with Crippen LogP contribution in [0, 0.1) is 0 Å². The summed E-state index contributed by atoms with van der Waals surface area (Å²) in [5, 5.41) is 10.6. The highest BCUT2D eigenvalue weighted by molar-refractivity contribution is 9.12. The molecular formula is C10H10BrCl3O3S. The van der Waals surface area contributed by atoms with E-state index in [1.807, 2.05) is 0 Å². The Bertz CT molecular complexity index is 545. The van der Waals surface area contributed by atoms with Crippen LogP contribution in [0.5, 0.6) is 0 Å². The number of halogens is 4. The number of hydrogen-bond acceptors (Lipinski definition) is 3. The van der Waals surface area contributed by atoms with Gasteiger partial charge in [-0.2, -0.15) is 0 Å². The van der Waals surface area contributed by atoms with Crippen molar-refractivity contribution in [3.8, 4) is 0 Å². The Labute approximate surface area is 129 Å². The fourth-order valence-electron chi connectivity index (χ4n) is 1.27. The number of sulfone groups is 1.